The minimum absolute atomic E-state index is 0.0522. The van der Waals surface area contributed by atoms with Crippen LogP contribution in [0, 0.1) is 0 Å². The van der Waals surface area contributed by atoms with Gasteiger partial charge in [-0.2, -0.15) is 0 Å². The largest absolute Gasteiger partial charge is 0.402 e. The average Bonchev–Trinajstić information content (AvgIpc) is 2.28. The minimum atomic E-state index is -0.361. The summed E-state index contributed by atoms with van der Waals surface area (Å²) in [5.74, 6) is -0.631. The van der Waals surface area contributed by atoms with Crippen LogP contribution in [0.4, 0.5) is 0 Å². The quantitative estimate of drug-likeness (QED) is 0.640. The molecule has 1 rings (SSSR count). The molecule has 0 unspecified atom stereocenters. The maximum Gasteiger partial charge on any atom is 0.256 e. The van der Waals surface area contributed by atoms with Crippen LogP contribution in [0.25, 0.3) is 0 Å². The van der Waals surface area contributed by atoms with Crippen LogP contribution >= 0.6 is 12.2 Å². The molecule has 0 atom stereocenters. The summed E-state index contributed by atoms with van der Waals surface area (Å²) in [6, 6.07) is 8.61. The third kappa shape index (κ3) is 3.49. The Morgan fingerprint density at radius 2 is 1.72 bits per heavy atom. The molecule has 5 heteroatoms. The van der Waals surface area contributed by atoms with E-state index in [4.69, 9.17) is 18.0 Å². The first kappa shape index (κ1) is 14.1. The molecule has 0 aliphatic rings. The van der Waals surface area contributed by atoms with Gasteiger partial charge in [-0.25, -0.2) is 0 Å². The van der Waals surface area contributed by atoms with E-state index >= 15 is 0 Å². The first-order chi connectivity index (χ1) is 8.43. The van der Waals surface area contributed by atoms with Crippen molar-refractivity contribution in [2.24, 2.45) is 5.73 Å². The van der Waals surface area contributed by atoms with E-state index in [1.807, 2.05) is 0 Å². The highest BCUT2D eigenvalue weighted by Gasteiger charge is 2.16. The van der Waals surface area contributed by atoms with Gasteiger partial charge < -0.3 is 11.1 Å². The molecule has 1 aromatic rings. The number of thiocarbonyl (C=S) groups is 1. The summed E-state index contributed by atoms with van der Waals surface area (Å²) >= 11 is 5.01. The lowest BCUT2D eigenvalue weighted by molar-refractivity contribution is -0.113. The number of carbonyl (C=O) groups is 2. The summed E-state index contributed by atoms with van der Waals surface area (Å²) in [5.41, 5.74) is 6.51. The van der Waals surface area contributed by atoms with E-state index < -0.39 is 0 Å². The van der Waals surface area contributed by atoms with Crippen LogP contribution < -0.4 is 11.1 Å². The van der Waals surface area contributed by atoms with Gasteiger partial charge in [0.05, 0.1) is 5.57 Å². The summed E-state index contributed by atoms with van der Waals surface area (Å²) in [5, 5.41) is 2.49. The van der Waals surface area contributed by atoms with Gasteiger partial charge in [0.25, 0.3) is 5.91 Å². The Hall–Kier alpha value is -2.01. The molecule has 0 saturated carbocycles. The van der Waals surface area contributed by atoms with Crippen molar-refractivity contribution < 1.29 is 9.59 Å². The lowest BCUT2D eigenvalue weighted by Crippen LogP contribution is -2.33. The SMILES string of the molecule is CC(=O)/C(C(=S)NC(=O)c1ccccc1)=C(/C)N. The van der Waals surface area contributed by atoms with E-state index in [2.05, 4.69) is 5.32 Å². The first-order valence-corrected chi connectivity index (χ1v) is 5.72. The van der Waals surface area contributed by atoms with Gasteiger partial charge in [-0.15, -0.1) is 0 Å². The van der Waals surface area contributed by atoms with Gasteiger partial charge in [0.1, 0.15) is 4.99 Å². The lowest BCUT2D eigenvalue weighted by atomic mass is 10.1. The van der Waals surface area contributed by atoms with Crippen molar-refractivity contribution in [2.45, 2.75) is 13.8 Å². The Labute approximate surface area is 111 Å². The molecule has 3 N–H and O–H groups in total. The van der Waals surface area contributed by atoms with Crippen LogP contribution in [0.1, 0.15) is 24.2 Å². The van der Waals surface area contributed by atoms with Gasteiger partial charge in [-0.3, -0.25) is 9.59 Å². The second kappa shape index (κ2) is 6.07. The number of nitrogens with one attached hydrogen (secondary N) is 1. The number of Topliss-reactive ketones (excluding diaryl/α,β-unsaturated/α-hetero) is 1. The van der Waals surface area contributed by atoms with E-state index in [-0.39, 0.29) is 22.3 Å². The fourth-order valence-corrected chi connectivity index (χ4v) is 1.84. The van der Waals surface area contributed by atoms with Gasteiger partial charge in [0, 0.05) is 11.3 Å². The lowest BCUT2D eigenvalue weighted by Gasteiger charge is -2.09. The molecule has 18 heavy (non-hydrogen) atoms. The molecular weight excluding hydrogens is 248 g/mol. The Morgan fingerprint density at radius 3 is 2.17 bits per heavy atom. The highest BCUT2D eigenvalue weighted by molar-refractivity contribution is 7.81. The van der Waals surface area contributed by atoms with Crippen molar-refractivity contribution in [3.8, 4) is 0 Å². The van der Waals surface area contributed by atoms with Crippen molar-refractivity contribution in [2.75, 3.05) is 0 Å². The number of hydrogen-bond donors (Lipinski definition) is 2. The molecule has 0 bridgehead atoms. The molecule has 1 amide bonds. The number of rotatable bonds is 3. The van der Waals surface area contributed by atoms with Crippen molar-refractivity contribution in [3.63, 3.8) is 0 Å². The first-order valence-electron chi connectivity index (χ1n) is 5.31. The van der Waals surface area contributed by atoms with Gasteiger partial charge in [0.15, 0.2) is 5.78 Å². The molecule has 0 aliphatic carbocycles. The van der Waals surface area contributed by atoms with Crippen LogP contribution in [0.15, 0.2) is 41.6 Å². The van der Waals surface area contributed by atoms with Crippen LogP contribution in [-0.4, -0.2) is 16.7 Å². The van der Waals surface area contributed by atoms with E-state index in [0.717, 1.165) is 0 Å². The van der Waals surface area contributed by atoms with E-state index in [0.29, 0.717) is 11.3 Å². The van der Waals surface area contributed by atoms with Crippen molar-refractivity contribution >= 4 is 28.9 Å². The van der Waals surface area contributed by atoms with Gasteiger partial charge >= 0.3 is 0 Å². The van der Waals surface area contributed by atoms with Crippen molar-refractivity contribution in [1.29, 1.82) is 0 Å². The molecular formula is C13H14N2O2S. The summed E-state index contributed by atoms with van der Waals surface area (Å²) in [6.45, 7) is 2.92. The number of hydrogen-bond acceptors (Lipinski definition) is 4. The molecule has 0 saturated heterocycles. The number of carbonyl (C=O) groups excluding carboxylic acids is 2. The Bertz CT molecular complexity index is 517. The van der Waals surface area contributed by atoms with Crippen molar-refractivity contribution in [1.82, 2.24) is 5.32 Å². The standard InChI is InChI=1S/C13H14N2O2S/c1-8(14)11(9(2)16)13(18)15-12(17)10-6-4-3-5-7-10/h3-7H,14H2,1-2H3,(H,15,17,18)/b11-8+. The van der Waals surface area contributed by atoms with Crippen molar-refractivity contribution in [3.05, 3.63) is 47.2 Å². The normalized spacial score (nSPS) is 11.4. The minimum Gasteiger partial charge on any atom is -0.402 e. The number of amides is 1. The Morgan fingerprint density at radius 1 is 1.17 bits per heavy atom. The predicted molar refractivity (Wildman–Crippen MR) is 74.1 cm³/mol. The molecule has 0 radical (unpaired) electrons. The number of benzene rings is 1. The van der Waals surface area contributed by atoms with E-state index in [9.17, 15) is 9.59 Å². The number of nitrogens with two attached hydrogens (primary N) is 1. The fraction of sp³-hybridized carbons (Fsp3) is 0.154. The van der Waals surface area contributed by atoms with Gasteiger partial charge in [-0.05, 0) is 26.0 Å². The second-order valence-electron chi connectivity index (χ2n) is 3.76. The molecule has 0 fully saturated rings. The highest BCUT2D eigenvalue weighted by atomic mass is 32.1. The number of allylic oxidation sites excluding steroid dienone is 1. The summed E-state index contributed by atoms with van der Waals surface area (Å²) in [4.78, 5) is 23.3. The average molecular weight is 262 g/mol. The fourth-order valence-electron chi connectivity index (χ4n) is 1.44. The number of ketones is 1. The molecule has 0 aromatic heterocycles. The zero-order chi connectivity index (χ0) is 13.7. The predicted octanol–water partition coefficient (Wildman–Crippen LogP) is 1.57. The Kier molecular flexibility index (Phi) is 4.74. The summed E-state index contributed by atoms with van der Waals surface area (Å²) < 4.78 is 0. The van der Waals surface area contributed by atoms with Crippen LogP contribution in [0.5, 0.6) is 0 Å². The maximum absolute atomic E-state index is 11.8. The molecule has 4 nitrogen and oxygen atoms in total. The van der Waals surface area contributed by atoms with E-state index in [1.54, 1.807) is 37.3 Å². The molecule has 94 valence electrons. The summed E-state index contributed by atoms with van der Waals surface area (Å²) in [7, 11) is 0. The monoisotopic (exact) mass is 262 g/mol. The second-order valence-corrected chi connectivity index (χ2v) is 4.17. The zero-order valence-electron chi connectivity index (χ0n) is 10.2. The van der Waals surface area contributed by atoms with Gasteiger partial charge in [0.2, 0.25) is 0 Å². The maximum atomic E-state index is 11.8. The Balaban J connectivity index is 2.87. The highest BCUT2D eigenvalue weighted by Crippen LogP contribution is 2.04. The van der Waals surface area contributed by atoms with Crippen LogP contribution in [-0.2, 0) is 4.79 Å². The summed E-state index contributed by atoms with van der Waals surface area (Å²) in [6.07, 6.45) is 0. The third-order valence-corrected chi connectivity index (χ3v) is 2.54. The topological polar surface area (TPSA) is 72.2 Å². The third-order valence-electron chi connectivity index (χ3n) is 2.24. The molecule has 0 spiro atoms. The van der Waals surface area contributed by atoms with Crippen LogP contribution in [0.3, 0.4) is 0 Å². The molecule has 0 heterocycles. The molecule has 1 aromatic carbocycles. The van der Waals surface area contributed by atoms with E-state index in [1.165, 1.54) is 6.92 Å². The van der Waals surface area contributed by atoms with Gasteiger partial charge in [-0.1, -0.05) is 30.4 Å². The van der Waals surface area contributed by atoms with Crippen LogP contribution in [0.2, 0.25) is 0 Å². The zero-order valence-corrected chi connectivity index (χ0v) is 11.0. The smallest absolute Gasteiger partial charge is 0.256 e. The molecule has 0 aliphatic heterocycles.